The van der Waals surface area contributed by atoms with E-state index in [9.17, 15) is 0 Å². The second kappa shape index (κ2) is 5.70. The lowest BCUT2D eigenvalue weighted by Crippen LogP contribution is -2.42. The summed E-state index contributed by atoms with van der Waals surface area (Å²) >= 11 is 0. The summed E-state index contributed by atoms with van der Waals surface area (Å²) in [5.41, 5.74) is 7.52. The van der Waals surface area contributed by atoms with Crippen LogP contribution in [0.15, 0.2) is 42.5 Å². The average molecular weight is 256 g/mol. The predicted molar refractivity (Wildman–Crippen MR) is 78.1 cm³/mol. The molecule has 0 aliphatic carbocycles. The van der Waals surface area contributed by atoms with Gasteiger partial charge in [0, 0.05) is 18.6 Å². The van der Waals surface area contributed by atoms with Crippen LogP contribution in [0.25, 0.3) is 10.8 Å². The van der Waals surface area contributed by atoms with E-state index in [0.29, 0.717) is 6.04 Å². The van der Waals surface area contributed by atoms with Crippen LogP contribution in [0.2, 0.25) is 0 Å². The van der Waals surface area contributed by atoms with E-state index >= 15 is 0 Å². The zero-order valence-corrected chi connectivity index (χ0v) is 11.0. The van der Waals surface area contributed by atoms with Gasteiger partial charge in [0.05, 0.1) is 13.2 Å². The Morgan fingerprint density at radius 3 is 2.84 bits per heavy atom. The Morgan fingerprint density at radius 2 is 2.05 bits per heavy atom. The van der Waals surface area contributed by atoms with Crippen molar-refractivity contribution in [3.05, 3.63) is 48.0 Å². The van der Waals surface area contributed by atoms with Crippen molar-refractivity contribution in [2.24, 2.45) is 5.73 Å². The van der Waals surface area contributed by atoms with Gasteiger partial charge in [-0.1, -0.05) is 36.4 Å². The van der Waals surface area contributed by atoms with E-state index in [0.717, 1.165) is 26.2 Å². The van der Waals surface area contributed by atoms with E-state index in [-0.39, 0.29) is 6.04 Å². The first-order chi connectivity index (χ1) is 9.33. The molecular formula is C16H20N2O. The predicted octanol–water partition coefficient (Wildman–Crippen LogP) is 2.22. The highest BCUT2D eigenvalue weighted by atomic mass is 16.5. The number of benzene rings is 2. The monoisotopic (exact) mass is 256 g/mol. The van der Waals surface area contributed by atoms with Gasteiger partial charge in [-0.3, -0.25) is 0 Å². The lowest BCUT2D eigenvalue weighted by Gasteiger charge is -2.26. The van der Waals surface area contributed by atoms with Gasteiger partial charge < -0.3 is 15.8 Å². The lowest BCUT2D eigenvalue weighted by molar-refractivity contribution is 0.0720. The Bertz CT molecular complexity index is 549. The third kappa shape index (κ3) is 2.95. The van der Waals surface area contributed by atoms with Gasteiger partial charge in [0.25, 0.3) is 0 Å². The normalized spacial score (nSPS) is 21.4. The molecule has 0 aromatic heterocycles. The second-order valence-corrected chi connectivity index (χ2v) is 5.17. The standard InChI is InChI=1S/C16H20N2O/c17-16(10-15-11-19-8-7-18-15)14-6-5-12-3-1-2-4-13(12)9-14/h1-6,9,15-16,18H,7-8,10-11,17H2. The molecule has 2 atom stereocenters. The summed E-state index contributed by atoms with van der Waals surface area (Å²) in [6.07, 6.45) is 0.915. The van der Waals surface area contributed by atoms with Crippen LogP contribution in [0.3, 0.4) is 0 Å². The molecule has 0 saturated carbocycles. The molecule has 0 radical (unpaired) electrons. The first-order valence-corrected chi connectivity index (χ1v) is 6.88. The van der Waals surface area contributed by atoms with Crippen molar-refractivity contribution in [3.8, 4) is 0 Å². The quantitative estimate of drug-likeness (QED) is 0.885. The molecule has 3 rings (SSSR count). The molecule has 0 spiro atoms. The molecule has 1 aliphatic rings. The maximum Gasteiger partial charge on any atom is 0.0620 e. The van der Waals surface area contributed by atoms with Crippen molar-refractivity contribution >= 4 is 10.8 Å². The molecule has 3 N–H and O–H groups in total. The average Bonchev–Trinajstić information content (AvgIpc) is 2.48. The highest BCUT2D eigenvalue weighted by Crippen LogP contribution is 2.22. The van der Waals surface area contributed by atoms with Crippen LogP contribution in [0.5, 0.6) is 0 Å². The molecule has 2 aromatic carbocycles. The molecule has 1 aliphatic heterocycles. The Morgan fingerprint density at radius 1 is 1.21 bits per heavy atom. The number of hydrogen-bond acceptors (Lipinski definition) is 3. The van der Waals surface area contributed by atoms with Gasteiger partial charge in [0.15, 0.2) is 0 Å². The van der Waals surface area contributed by atoms with E-state index in [4.69, 9.17) is 10.5 Å². The second-order valence-electron chi connectivity index (χ2n) is 5.17. The molecule has 100 valence electrons. The molecule has 19 heavy (non-hydrogen) atoms. The number of nitrogens with two attached hydrogens (primary N) is 1. The van der Waals surface area contributed by atoms with Gasteiger partial charge in [-0.05, 0) is 28.8 Å². The zero-order chi connectivity index (χ0) is 13.1. The van der Waals surface area contributed by atoms with E-state index in [1.165, 1.54) is 16.3 Å². The zero-order valence-electron chi connectivity index (χ0n) is 11.0. The molecule has 2 aromatic rings. The fourth-order valence-electron chi connectivity index (χ4n) is 2.65. The van der Waals surface area contributed by atoms with E-state index in [1.54, 1.807) is 0 Å². The van der Waals surface area contributed by atoms with Crippen LogP contribution in [0.4, 0.5) is 0 Å². The summed E-state index contributed by atoms with van der Waals surface area (Å²) in [6, 6.07) is 15.3. The Kier molecular flexibility index (Phi) is 3.78. The fourth-order valence-corrected chi connectivity index (χ4v) is 2.65. The van der Waals surface area contributed by atoms with Crippen molar-refractivity contribution in [1.29, 1.82) is 0 Å². The SMILES string of the molecule is NC(CC1COCCN1)c1ccc2ccccc2c1. The first kappa shape index (κ1) is 12.6. The molecule has 2 unspecified atom stereocenters. The van der Waals surface area contributed by atoms with Gasteiger partial charge in [-0.25, -0.2) is 0 Å². The molecular weight excluding hydrogens is 236 g/mol. The van der Waals surface area contributed by atoms with Gasteiger partial charge in [-0.2, -0.15) is 0 Å². The Hall–Kier alpha value is -1.42. The highest BCUT2D eigenvalue weighted by molar-refractivity contribution is 5.83. The molecule has 1 heterocycles. The minimum atomic E-state index is 0.0591. The molecule has 1 saturated heterocycles. The summed E-state index contributed by atoms with van der Waals surface area (Å²) in [7, 11) is 0. The summed E-state index contributed by atoms with van der Waals surface area (Å²) in [5, 5.41) is 5.97. The van der Waals surface area contributed by atoms with Gasteiger partial charge >= 0.3 is 0 Å². The number of nitrogens with one attached hydrogen (secondary N) is 1. The van der Waals surface area contributed by atoms with E-state index in [2.05, 4.69) is 47.8 Å². The summed E-state index contributed by atoms with van der Waals surface area (Å²) in [5.74, 6) is 0. The van der Waals surface area contributed by atoms with Crippen LogP contribution in [0.1, 0.15) is 18.0 Å². The summed E-state index contributed by atoms with van der Waals surface area (Å²) in [4.78, 5) is 0. The van der Waals surface area contributed by atoms with Gasteiger partial charge in [-0.15, -0.1) is 0 Å². The molecule has 0 bridgehead atoms. The van der Waals surface area contributed by atoms with Gasteiger partial charge in [0.2, 0.25) is 0 Å². The van der Waals surface area contributed by atoms with Crippen LogP contribution in [0, 0.1) is 0 Å². The topological polar surface area (TPSA) is 47.3 Å². The van der Waals surface area contributed by atoms with Gasteiger partial charge in [0.1, 0.15) is 0 Å². The largest absolute Gasteiger partial charge is 0.379 e. The maximum atomic E-state index is 6.32. The number of hydrogen-bond donors (Lipinski definition) is 2. The molecule has 0 amide bonds. The van der Waals surface area contributed by atoms with Crippen molar-refractivity contribution in [2.45, 2.75) is 18.5 Å². The smallest absolute Gasteiger partial charge is 0.0620 e. The van der Waals surface area contributed by atoms with Crippen molar-refractivity contribution in [2.75, 3.05) is 19.8 Å². The lowest BCUT2D eigenvalue weighted by atomic mass is 9.97. The van der Waals surface area contributed by atoms with Crippen LogP contribution < -0.4 is 11.1 Å². The van der Waals surface area contributed by atoms with E-state index < -0.39 is 0 Å². The molecule has 3 nitrogen and oxygen atoms in total. The fraction of sp³-hybridized carbons (Fsp3) is 0.375. The Labute approximate surface area is 113 Å². The van der Waals surface area contributed by atoms with Crippen molar-refractivity contribution in [1.82, 2.24) is 5.32 Å². The minimum absolute atomic E-state index is 0.0591. The third-order valence-corrected chi connectivity index (χ3v) is 3.74. The highest BCUT2D eigenvalue weighted by Gasteiger charge is 2.17. The number of fused-ring (bicyclic) bond motifs is 1. The Balaban J connectivity index is 1.75. The van der Waals surface area contributed by atoms with Crippen LogP contribution >= 0.6 is 0 Å². The maximum absolute atomic E-state index is 6.32. The summed E-state index contributed by atoms with van der Waals surface area (Å²) in [6.45, 7) is 2.50. The third-order valence-electron chi connectivity index (χ3n) is 3.74. The first-order valence-electron chi connectivity index (χ1n) is 6.88. The molecule has 1 fully saturated rings. The number of morpholine rings is 1. The number of ether oxygens (including phenoxy) is 1. The van der Waals surface area contributed by atoms with E-state index in [1.807, 2.05) is 0 Å². The van der Waals surface area contributed by atoms with Crippen molar-refractivity contribution < 1.29 is 4.74 Å². The van der Waals surface area contributed by atoms with Crippen LogP contribution in [-0.4, -0.2) is 25.8 Å². The minimum Gasteiger partial charge on any atom is -0.379 e. The molecule has 3 heteroatoms. The van der Waals surface area contributed by atoms with Crippen LogP contribution in [-0.2, 0) is 4.74 Å². The summed E-state index contributed by atoms with van der Waals surface area (Å²) < 4.78 is 5.47. The number of rotatable bonds is 3. The van der Waals surface area contributed by atoms with Crippen molar-refractivity contribution in [3.63, 3.8) is 0 Å².